The largest absolute Gasteiger partial charge is 0.497 e. The van der Waals surface area contributed by atoms with E-state index in [1.165, 1.54) is 12.8 Å². The summed E-state index contributed by atoms with van der Waals surface area (Å²) >= 11 is 0. The summed E-state index contributed by atoms with van der Waals surface area (Å²) in [4.78, 5) is 0. The van der Waals surface area contributed by atoms with Gasteiger partial charge in [-0.3, -0.25) is 0 Å². The Morgan fingerprint density at radius 1 is 1.19 bits per heavy atom. The first-order chi connectivity index (χ1) is 7.88. The summed E-state index contributed by atoms with van der Waals surface area (Å²) in [5.74, 6) is 2.69. The molecule has 1 fully saturated rings. The van der Waals surface area contributed by atoms with E-state index in [1.807, 2.05) is 24.3 Å². The lowest BCUT2D eigenvalue weighted by Gasteiger charge is -2.07. The molecule has 0 bridgehead atoms. The molecule has 0 spiro atoms. The highest BCUT2D eigenvalue weighted by Gasteiger charge is 2.19. The highest BCUT2D eigenvalue weighted by atomic mass is 16.5. The van der Waals surface area contributed by atoms with Crippen LogP contribution >= 0.6 is 0 Å². The molecule has 1 aliphatic rings. The Hall–Kier alpha value is -1.22. The molecule has 2 rings (SSSR count). The first-order valence-electron chi connectivity index (χ1n) is 5.86. The summed E-state index contributed by atoms with van der Waals surface area (Å²) in [6.07, 6.45) is 2.79. The van der Waals surface area contributed by atoms with Crippen LogP contribution in [0.15, 0.2) is 24.3 Å². The lowest BCUT2D eigenvalue weighted by molar-refractivity contribution is 0.312. The summed E-state index contributed by atoms with van der Waals surface area (Å²) in [5, 5.41) is 3.39. The lowest BCUT2D eigenvalue weighted by Crippen LogP contribution is -2.23. The third kappa shape index (κ3) is 3.74. The number of methoxy groups -OCH3 is 1. The van der Waals surface area contributed by atoms with Crippen LogP contribution in [0.25, 0.3) is 0 Å². The number of nitrogens with one attached hydrogen (secondary N) is 1. The summed E-state index contributed by atoms with van der Waals surface area (Å²) < 4.78 is 10.7. The molecule has 3 heteroatoms. The van der Waals surface area contributed by atoms with E-state index in [0.717, 1.165) is 37.1 Å². The van der Waals surface area contributed by atoms with Gasteiger partial charge in [0.05, 0.1) is 7.11 Å². The van der Waals surface area contributed by atoms with Crippen molar-refractivity contribution in [1.29, 1.82) is 0 Å². The van der Waals surface area contributed by atoms with Crippen molar-refractivity contribution >= 4 is 0 Å². The van der Waals surface area contributed by atoms with Crippen molar-refractivity contribution in [2.75, 3.05) is 26.8 Å². The van der Waals surface area contributed by atoms with Crippen molar-refractivity contribution in [1.82, 2.24) is 5.32 Å². The van der Waals surface area contributed by atoms with Crippen molar-refractivity contribution in [3.63, 3.8) is 0 Å². The maximum Gasteiger partial charge on any atom is 0.119 e. The van der Waals surface area contributed by atoms with Crippen LogP contribution in [-0.2, 0) is 0 Å². The molecule has 16 heavy (non-hydrogen) atoms. The molecular formula is C13H19NO2. The Labute approximate surface area is 96.8 Å². The highest BCUT2D eigenvalue weighted by Crippen LogP contribution is 2.27. The van der Waals surface area contributed by atoms with E-state index >= 15 is 0 Å². The van der Waals surface area contributed by atoms with Gasteiger partial charge in [-0.15, -0.1) is 0 Å². The Morgan fingerprint density at radius 2 is 1.88 bits per heavy atom. The zero-order valence-electron chi connectivity index (χ0n) is 9.74. The van der Waals surface area contributed by atoms with E-state index in [9.17, 15) is 0 Å². The van der Waals surface area contributed by atoms with Crippen LogP contribution in [0.2, 0.25) is 0 Å². The molecule has 1 aromatic rings. The van der Waals surface area contributed by atoms with Crippen molar-refractivity contribution in [3.05, 3.63) is 24.3 Å². The summed E-state index contributed by atoms with van der Waals surface area (Å²) in [6, 6.07) is 7.68. The smallest absolute Gasteiger partial charge is 0.119 e. The Kier molecular flexibility index (Phi) is 4.05. The van der Waals surface area contributed by atoms with Crippen LogP contribution in [0, 0.1) is 5.92 Å². The van der Waals surface area contributed by atoms with E-state index < -0.39 is 0 Å². The van der Waals surface area contributed by atoms with Gasteiger partial charge in [-0.05, 0) is 49.6 Å². The second kappa shape index (κ2) is 5.75. The molecule has 0 aromatic heterocycles. The molecule has 0 heterocycles. The van der Waals surface area contributed by atoms with Crippen molar-refractivity contribution in [2.24, 2.45) is 5.92 Å². The second-order valence-corrected chi connectivity index (χ2v) is 4.17. The average Bonchev–Trinajstić information content (AvgIpc) is 3.13. The van der Waals surface area contributed by atoms with Gasteiger partial charge in [0.2, 0.25) is 0 Å². The second-order valence-electron chi connectivity index (χ2n) is 4.17. The fourth-order valence-corrected chi connectivity index (χ4v) is 1.54. The van der Waals surface area contributed by atoms with E-state index in [1.54, 1.807) is 7.11 Å². The standard InChI is InChI=1S/C13H19NO2/c1-15-12-4-6-13(7-5-12)16-9-8-14-10-11-2-3-11/h4-7,11,14H,2-3,8-10H2,1H3. The van der Waals surface area contributed by atoms with Crippen LogP contribution in [0.5, 0.6) is 11.5 Å². The summed E-state index contributed by atoms with van der Waals surface area (Å²) in [7, 11) is 1.66. The third-order valence-corrected chi connectivity index (χ3v) is 2.74. The monoisotopic (exact) mass is 221 g/mol. The van der Waals surface area contributed by atoms with Crippen LogP contribution in [-0.4, -0.2) is 26.8 Å². The maximum absolute atomic E-state index is 5.59. The van der Waals surface area contributed by atoms with Crippen LogP contribution in [0.4, 0.5) is 0 Å². The van der Waals surface area contributed by atoms with Crippen molar-refractivity contribution in [2.45, 2.75) is 12.8 Å². The predicted octanol–water partition coefficient (Wildman–Crippen LogP) is 2.07. The van der Waals surface area contributed by atoms with Gasteiger partial charge in [0.1, 0.15) is 18.1 Å². The molecule has 3 nitrogen and oxygen atoms in total. The Bertz CT molecular complexity index is 306. The molecule has 0 radical (unpaired) electrons. The van der Waals surface area contributed by atoms with E-state index in [2.05, 4.69) is 5.32 Å². The fourth-order valence-electron chi connectivity index (χ4n) is 1.54. The zero-order chi connectivity index (χ0) is 11.2. The summed E-state index contributed by atoms with van der Waals surface area (Å²) in [5.41, 5.74) is 0. The van der Waals surface area contributed by atoms with Crippen LogP contribution in [0.1, 0.15) is 12.8 Å². The predicted molar refractivity (Wildman–Crippen MR) is 64.1 cm³/mol. The van der Waals surface area contributed by atoms with Crippen LogP contribution in [0.3, 0.4) is 0 Å². The molecule has 0 unspecified atom stereocenters. The third-order valence-electron chi connectivity index (χ3n) is 2.74. The average molecular weight is 221 g/mol. The first kappa shape index (κ1) is 11.3. The Morgan fingerprint density at radius 3 is 2.50 bits per heavy atom. The van der Waals surface area contributed by atoms with Gasteiger partial charge in [0.15, 0.2) is 0 Å². The SMILES string of the molecule is COc1ccc(OCCNCC2CC2)cc1. The molecule has 0 atom stereocenters. The van der Waals surface area contributed by atoms with Crippen LogP contribution < -0.4 is 14.8 Å². The normalized spacial score (nSPS) is 14.8. The molecule has 1 saturated carbocycles. The first-order valence-corrected chi connectivity index (χ1v) is 5.86. The van der Waals surface area contributed by atoms with E-state index in [4.69, 9.17) is 9.47 Å². The van der Waals surface area contributed by atoms with Gasteiger partial charge in [0.25, 0.3) is 0 Å². The molecule has 0 aliphatic heterocycles. The van der Waals surface area contributed by atoms with Crippen molar-refractivity contribution in [3.8, 4) is 11.5 Å². The fraction of sp³-hybridized carbons (Fsp3) is 0.538. The van der Waals surface area contributed by atoms with E-state index in [-0.39, 0.29) is 0 Å². The zero-order valence-corrected chi connectivity index (χ0v) is 9.74. The van der Waals surface area contributed by atoms with Gasteiger partial charge in [-0.25, -0.2) is 0 Å². The minimum absolute atomic E-state index is 0.721. The van der Waals surface area contributed by atoms with Gasteiger partial charge in [0, 0.05) is 6.54 Å². The number of ether oxygens (including phenoxy) is 2. The number of rotatable bonds is 7. The topological polar surface area (TPSA) is 30.5 Å². The van der Waals surface area contributed by atoms with Gasteiger partial charge in [-0.1, -0.05) is 0 Å². The number of hydrogen-bond acceptors (Lipinski definition) is 3. The van der Waals surface area contributed by atoms with Gasteiger partial charge < -0.3 is 14.8 Å². The minimum Gasteiger partial charge on any atom is -0.497 e. The Balaban J connectivity index is 1.60. The quantitative estimate of drug-likeness (QED) is 0.715. The number of benzene rings is 1. The molecule has 1 aliphatic carbocycles. The molecule has 88 valence electrons. The highest BCUT2D eigenvalue weighted by molar-refractivity contribution is 5.31. The van der Waals surface area contributed by atoms with Gasteiger partial charge >= 0.3 is 0 Å². The lowest BCUT2D eigenvalue weighted by atomic mass is 10.3. The molecule has 1 N–H and O–H groups in total. The summed E-state index contributed by atoms with van der Waals surface area (Å²) in [6.45, 7) is 2.79. The minimum atomic E-state index is 0.721. The van der Waals surface area contributed by atoms with E-state index in [0.29, 0.717) is 0 Å². The molecular weight excluding hydrogens is 202 g/mol. The van der Waals surface area contributed by atoms with Gasteiger partial charge in [-0.2, -0.15) is 0 Å². The molecule has 0 amide bonds. The number of hydrogen-bond donors (Lipinski definition) is 1. The molecule has 1 aromatic carbocycles. The molecule has 0 saturated heterocycles. The maximum atomic E-state index is 5.59. The van der Waals surface area contributed by atoms with Crippen molar-refractivity contribution < 1.29 is 9.47 Å².